The van der Waals surface area contributed by atoms with Gasteiger partial charge in [0.1, 0.15) is 11.8 Å². The first-order valence-corrected chi connectivity index (χ1v) is 10.2. The summed E-state index contributed by atoms with van der Waals surface area (Å²) in [5.74, 6) is 0.326. The highest BCUT2D eigenvalue weighted by Crippen LogP contribution is 2.33. The number of carbonyl (C=O) groups is 1. The smallest absolute Gasteiger partial charge is 0.244 e. The zero-order chi connectivity index (χ0) is 19.8. The summed E-state index contributed by atoms with van der Waals surface area (Å²) >= 11 is 0. The Morgan fingerprint density at radius 1 is 1.07 bits per heavy atom. The average molecular weight is 388 g/mol. The summed E-state index contributed by atoms with van der Waals surface area (Å²) in [5, 5.41) is 2.77. The lowest BCUT2D eigenvalue weighted by Crippen LogP contribution is -2.52. The summed E-state index contributed by atoms with van der Waals surface area (Å²) in [5.41, 5.74) is 2.99. The number of sulfonamides is 1. The SMILES string of the molecule is COc1ccc(C2C(=O)NCCN2S(=O)(=O)c2c(C)cc(C)cc2C)cc1. The summed E-state index contributed by atoms with van der Waals surface area (Å²) in [6.07, 6.45) is 0. The van der Waals surface area contributed by atoms with E-state index < -0.39 is 16.1 Å². The van der Waals surface area contributed by atoms with Crippen LogP contribution in [0.1, 0.15) is 28.3 Å². The predicted octanol–water partition coefficient (Wildman–Crippen LogP) is 2.48. The number of aryl methyl sites for hydroxylation is 3. The molecule has 1 aliphatic heterocycles. The minimum absolute atomic E-state index is 0.220. The fourth-order valence-electron chi connectivity index (χ4n) is 3.70. The molecule has 0 saturated carbocycles. The van der Waals surface area contributed by atoms with Crippen LogP contribution in [0, 0.1) is 20.8 Å². The van der Waals surface area contributed by atoms with Gasteiger partial charge in [-0.1, -0.05) is 29.8 Å². The van der Waals surface area contributed by atoms with Crippen molar-refractivity contribution in [3.05, 3.63) is 58.7 Å². The van der Waals surface area contributed by atoms with Crippen LogP contribution in [0.2, 0.25) is 0 Å². The molecule has 1 fully saturated rings. The van der Waals surface area contributed by atoms with Crippen molar-refractivity contribution < 1.29 is 17.9 Å². The molecule has 7 heteroatoms. The zero-order valence-electron chi connectivity index (χ0n) is 15.9. The number of carbonyl (C=O) groups excluding carboxylic acids is 1. The molecule has 1 aliphatic rings. The molecule has 2 aromatic rings. The average Bonchev–Trinajstić information content (AvgIpc) is 2.60. The van der Waals surface area contributed by atoms with Gasteiger partial charge >= 0.3 is 0 Å². The number of nitrogens with one attached hydrogen (secondary N) is 1. The van der Waals surface area contributed by atoms with Crippen molar-refractivity contribution in [3.8, 4) is 5.75 Å². The van der Waals surface area contributed by atoms with Gasteiger partial charge in [0, 0.05) is 13.1 Å². The Balaban J connectivity index is 2.10. The number of ether oxygens (including phenoxy) is 1. The van der Waals surface area contributed by atoms with Crippen molar-refractivity contribution in [1.82, 2.24) is 9.62 Å². The Bertz CT molecular complexity index is 945. The van der Waals surface area contributed by atoms with E-state index in [1.165, 1.54) is 4.31 Å². The minimum atomic E-state index is -3.84. The van der Waals surface area contributed by atoms with Crippen LogP contribution >= 0.6 is 0 Å². The van der Waals surface area contributed by atoms with Crippen molar-refractivity contribution in [2.45, 2.75) is 31.7 Å². The van der Waals surface area contributed by atoms with E-state index in [1.807, 2.05) is 19.1 Å². The van der Waals surface area contributed by atoms with Gasteiger partial charge in [0.2, 0.25) is 15.9 Å². The number of nitrogens with zero attached hydrogens (tertiary/aromatic N) is 1. The first-order chi connectivity index (χ1) is 12.8. The molecule has 6 nitrogen and oxygen atoms in total. The Morgan fingerprint density at radius 2 is 1.67 bits per heavy atom. The van der Waals surface area contributed by atoms with Crippen molar-refractivity contribution in [1.29, 1.82) is 0 Å². The van der Waals surface area contributed by atoms with Crippen molar-refractivity contribution in [2.75, 3.05) is 20.2 Å². The Morgan fingerprint density at radius 3 is 2.22 bits per heavy atom. The van der Waals surface area contributed by atoms with Crippen molar-refractivity contribution in [3.63, 3.8) is 0 Å². The second-order valence-electron chi connectivity index (χ2n) is 6.81. The molecule has 0 bridgehead atoms. The fraction of sp³-hybridized carbons (Fsp3) is 0.350. The molecule has 0 radical (unpaired) electrons. The summed E-state index contributed by atoms with van der Waals surface area (Å²) < 4.78 is 33.5. The molecule has 27 heavy (non-hydrogen) atoms. The van der Waals surface area contributed by atoms with Gasteiger partial charge < -0.3 is 10.1 Å². The van der Waals surface area contributed by atoms with E-state index in [0.717, 1.165) is 5.56 Å². The molecule has 144 valence electrons. The number of rotatable bonds is 4. The van der Waals surface area contributed by atoms with Crippen molar-refractivity contribution >= 4 is 15.9 Å². The highest BCUT2D eigenvalue weighted by molar-refractivity contribution is 7.89. The van der Waals surface area contributed by atoms with E-state index in [2.05, 4.69) is 5.32 Å². The van der Waals surface area contributed by atoms with Gasteiger partial charge in [0.25, 0.3) is 0 Å². The zero-order valence-corrected chi connectivity index (χ0v) is 16.8. The van der Waals surface area contributed by atoms with Gasteiger partial charge in [0.05, 0.1) is 12.0 Å². The number of benzene rings is 2. The van der Waals surface area contributed by atoms with Crippen LogP contribution in [0.5, 0.6) is 5.75 Å². The molecule has 1 atom stereocenters. The molecule has 0 aromatic heterocycles. The first-order valence-electron chi connectivity index (χ1n) is 8.77. The monoisotopic (exact) mass is 388 g/mol. The second kappa shape index (κ2) is 7.32. The lowest BCUT2D eigenvalue weighted by atomic mass is 10.0. The number of piperazine rings is 1. The van der Waals surface area contributed by atoms with E-state index in [1.54, 1.807) is 45.2 Å². The molecule has 1 N–H and O–H groups in total. The standard InChI is InChI=1S/C20H24N2O4S/c1-13-11-14(2)19(15(3)12-13)27(24,25)22-10-9-21-20(23)18(22)16-5-7-17(26-4)8-6-16/h5-8,11-12,18H,9-10H2,1-4H3,(H,21,23). The summed E-state index contributed by atoms with van der Waals surface area (Å²) in [6, 6.07) is 9.71. The van der Waals surface area contributed by atoms with E-state index in [0.29, 0.717) is 22.4 Å². The van der Waals surface area contributed by atoms with E-state index >= 15 is 0 Å². The predicted molar refractivity (Wildman–Crippen MR) is 103 cm³/mol. The minimum Gasteiger partial charge on any atom is -0.497 e. The third kappa shape index (κ3) is 3.57. The van der Waals surface area contributed by atoms with Gasteiger partial charge in [-0.3, -0.25) is 4.79 Å². The van der Waals surface area contributed by atoms with Gasteiger partial charge in [-0.15, -0.1) is 0 Å². The van der Waals surface area contributed by atoms with Crippen LogP contribution in [-0.4, -0.2) is 38.8 Å². The Hall–Kier alpha value is -2.38. The van der Waals surface area contributed by atoms with Crippen LogP contribution < -0.4 is 10.1 Å². The van der Waals surface area contributed by atoms with Crippen molar-refractivity contribution in [2.24, 2.45) is 0 Å². The normalized spacial score (nSPS) is 18.2. The summed E-state index contributed by atoms with van der Waals surface area (Å²) in [6.45, 7) is 6.02. The van der Waals surface area contributed by atoms with Gasteiger partial charge in [-0.2, -0.15) is 4.31 Å². The number of amides is 1. The van der Waals surface area contributed by atoms with Gasteiger partial charge in [-0.05, 0) is 49.6 Å². The summed E-state index contributed by atoms with van der Waals surface area (Å²) in [7, 11) is -2.29. The van der Waals surface area contributed by atoms with Gasteiger partial charge in [0.15, 0.2) is 0 Å². The molecule has 0 spiro atoms. The van der Waals surface area contributed by atoms with Crippen LogP contribution in [-0.2, 0) is 14.8 Å². The van der Waals surface area contributed by atoms with E-state index in [-0.39, 0.29) is 23.9 Å². The maximum Gasteiger partial charge on any atom is 0.244 e. The third-order valence-electron chi connectivity index (χ3n) is 4.77. The van der Waals surface area contributed by atoms with Crippen LogP contribution in [0.3, 0.4) is 0 Å². The maximum atomic E-state index is 13.5. The van der Waals surface area contributed by atoms with Crippen LogP contribution in [0.4, 0.5) is 0 Å². The van der Waals surface area contributed by atoms with Crippen LogP contribution in [0.25, 0.3) is 0 Å². The molecule has 3 rings (SSSR count). The number of methoxy groups -OCH3 is 1. The highest BCUT2D eigenvalue weighted by atomic mass is 32.2. The van der Waals surface area contributed by atoms with E-state index in [9.17, 15) is 13.2 Å². The highest BCUT2D eigenvalue weighted by Gasteiger charge is 2.40. The third-order valence-corrected chi connectivity index (χ3v) is 6.94. The molecule has 2 aromatic carbocycles. The first kappa shape index (κ1) is 19.4. The molecule has 1 saturated heterocycles. The fourth-order valence-corrected chi connectivity index (χ4v) is 5.69. The number of hydrogen-bond acceptors (Lipinski definition) is 4. The molecular weight excluding hydrogens is 364 g/mol. The molecule has 1 amide bonds. The quantitative estimate of drug-likeness (QED) is 0.873. The lowest BCUT2D eigenvalue weighted by Gasteiger charge is -2.35. The summed E-state index contributed by atoms with van der Waals surface area (Å²) in [4.78, 5) is 12.9. The molecule has 1 heterocycles. The van der Waals surface area contributed by atoms with Gasteiger partial charge in [-0.25, -0.2) is 8.42 Å². The topological polar surface area (TPSA) is 75.7 Å². The lowest BCUT2D eigenvalue weighted by molar-refractivity contribution is -0.126. The van der Waals surface area contributed by atoms with E-state index in [4.69, 9.17) is 4.74 Å². The molecular formula is C20H24N2O4S. The molecule has 1 unspecified atom stereocenters. The largest absolute Gasteiger partial charge is 0.497 e. The number of hydrogen-bond donors (Lipinski definition) is 1. The molecule has 0 aliphatic carbocycles. The Kier molecular flexibility index (Phi) is 5.26. The second-order valence-corrected chi connectivity index (χ2v) is 8.64. The Labute approximate surface area is 160 Å². The van der Waals surface area contributed by atoms with Crippen LogP contribution in [0.15, 0.2) is 41.3 Å². The maximum absolute atomic E-state index is 13.5.